The first-order valence-corrected chi connectivity index (χ1v) is 5.82. The van der Waals surface area contributed by atoms with E-state index in [-0.39, 0.29) is 5.41 Å². The first kappa shape index (κ1) is 13.1. The third-order valence-electron chi connectivity index (χ3n) is 2.47. The van der Waals surface area contributed by atoms with Crippen molar-refractivity contribution in [2.24, 2.45) is 0 Å². The zero-order valence-electron chi connectivity index (χ0n) is 10.6. The number of terminal acetylenes is 1. The van der Waals surface area contributed by atoms with Gasteiger partial charge in [0.25, 0.3) is 0 Å². The third kappa shape index (κ3) is 2.57. The van der Waals surface area contributed by atoms with E-state index in [4.69, 9.17) is 18.0 Å². The van der Waals surface area contributed by atoms with Crippen molar-refractivity contribution in [1.82, 2.24) is 4.98 Å². The van der Waals surface area contributed by atoms with Crippen molar-refractivity contribution < 1.29 is 0 Å². The monoisotopic (exact) mass is 235 g/mol. The molecule has 1 aromatic heterocycles. The van der Waals surface area contributed by atoms with Crippen molar-refractivity contribution >= 4 is 11.6 Å². The molecular weight excluding hydrogens is 218 g/mol. The Morgan fingerprint density at radius 3 is 2.31 bits per heavy atom. The largest absolute Gasteiger partial charge is 0.242 e. The van der Waals surface area contributed by atoms with Gasteiger partial charge in [-0.05, 0) is 23.5 Å². The lowest BCUT2D eigenvalue weighted by atomic mass is 9.90. The molecule has 0 amide bonds. The summed E-state index contributed by atoms with van der Waals surface area (Å²) in [7, 11) is 0. The molecule has 0 N–H and O–H groups in total. The Kier molecular flexibility index (Phi) is 3.65. The van der Waals surface area contributed by atoms with Gasteiger partial charge in [0.1, 0.15) is 5.69 Å². The molecule has 0 saturated carbocycles. The Balaban J connectivity index is 3.45. The van der Waals surface area contributed by atoms with Gasteiger partial charge < -0.3 is 0 Å². The Hall–Kier alpha value is -1.00. The fourth-order valence-corrected chi connectivity index (χ4v) is 2.03. The molecule has 1 heterocycles. The second-order valence-electron chi connectivity index (χ2n) is 5.31. The van der Waals surface area contributed by atoms with Crippen LogP contribution in [0, 0.1) is 12.3 Å². The molecular formula is C14H18ClN. The SMILES string of the molecule is C#Cc1nc(C(C)(C)C)c(Cl)cc1C(C)C. The zero-order valence-corrected chi connectivity index (χ0v) is 11.3. The van der Waals surface area contributed by atoms with Crippen LogP contribution < -0.4 is 0 Å². The second-order valence-corrected chi connectivity index (χ2v) is 5.71. The summed E-state index contributed by atoms with van der Waals surface area (Å²) in [6.45, 7) is 10.4. The number of rotatable bonds is 1. The number of aromatic nitrogens is 1. The lowest BCUT2D eigenvalue weighted by molar-refractivity contribution is 0.567. The number of hydrogen-bond acceptors (Lipinski definition) is 1. The van der Waals surface area contributed by atoms with Crippen molar-refractivity contribution in [3.63, 3.8) is 0 Å². The minimum absolute atomic E-state index is 0.0851. The molecule has 1 rings (SSSR count). The van der Waals surface area contributed by atoms with Crippen LogP contribution in [0.15, 0.2) is 6.07 Å². The van der Waals surface area contributed by atoms with Gasteiger partial charge in [0.2, 0.25) is 0 Å². The molecule has 0 unspecified atom stereocenters. The molecule has 0 aliphatic heterocycles. The lowest BCUT2D eigenvalue weighted by Crippen LogP contribution is -2.16. The summed E-state index contributed by atoms with van der Waals surface area (Å²) in [6.07, 6.45) is 5.50. The van der Waals surface area contributed by atoms with E-state index >= 15 is 0 Å². The van der Waals surface area contributed by atoms with E-state index in [2.05, 4.69) is 45.5 Å². The van der Waals surface area contributed by atoms with Crippen molar-refractivity contribution in [1.29, 1.82) is 0 Å². The predicted molar refractivity (Wildman–Crippen MR) is 70.0 cm³/mol. The van der Waals surface area contributed by atoms with Crippen LogP contribution in [0.5, 0.6) is 0 Å². The summed E-state index contributed by atoms with van der Waals surface area (Å²) in [4.78, 5) is 4.52. The summed E-state index contributed by atoms with van der Waals surface area (Å²) in [5.74, 6) is 2.98. The molecule has 0 atom stereocenters. The summed E-state index contributed by atoms with van der Waals surface area (Å²) in [5, 5.41) is 0.704. The first-order chi connectivity index (χ1) is 7.27. The molecule has 0 radical (unpaired) electrons. The number of nitrogens with zero attached hydrogens (tertiary/aromatic N) is 1. The van der Waals surface area contributed by atoms with Gasteiger partial charge in [0.15, 0.2) is 0 Å². The zero-order chi connectivity index (χ0) is 12.5. The van der Waals surface area contributed by atoms with E-state index in [0.717, 1.165) is 11.3 Å². The molecule has 16 heavy (non-hydrogen) atoms. The minimum Gasteiger partial charge on any atom is -0.242 e. The quantitative estimate of drug-likeness (QED) is 0.667. The maximum absolute atomic E-state index is 6.26. The normalized spacial score (nSPS) is 11.6. The lowest BCUT2D eigenvalue weighted by Gasteiger charge is -2.21. The van der Waals surface area contributed by atoms with Crippen LogP contribution in [0.2, 0.25) is 5.02 Å². The molecule has 0 aliphatic carbocycles. The van der Waals surface area contributed by atoms with Crippen molar-refractivity contribution in [2.75, 3.05) is 0 Å². The van der Waals surface area contributed by atoms with Crippen LogP contribution in [0.3, 0.4) is 0 Å². The Bertz CT molecular complexity index is 433. The van der Waals surface area contributed by atoms with Gasteiger partial charge in [-0.2, -0.15) is 0 Å². The molecule has 0 bridgehead atoms. The maximum atomic E-state index is 6.26. The fourth-order valence-electron chi connectivity index (χ4n) is 1.58. The van der Waals surface area contributed by atoms with E-state index in [1.807, 2.05) is 6.07 Å². The molecule has 1 aromatic rings. The van der Waals surface area contributed by atoms with Crippen LogP contribution in [0.1, 0.15) is 57.5 Å². The average Bonchev–Trinajstić information content (AvgIpc) is 2.15. The van der Waals surface area contributed by atoms with Gasteiger partial charge in [-0.1, -0.05) is 46.2 Å². The van der Waals surface area contributed by atoms with Crippen molar-refractivity contribution in [3.05, 3.63) is 28.0 Å². The standard InChI is InChI=1S/C14H18ClN/c1-7-12-10(9(2)3)8-11(15)13(16-12)14(4,5)6/h1,8-9H,2-6H3. The third-order valence-corrected chi connectivity index (χ3v) is 2.76. The van der Waals surface area contributed by atoms with Gasteiger partial charge in [-0.15, -0.1) is 6.42 Å². The maximum Gasteiger partial charge on any atom is 0.116 e. The number of halogens is 1. The van der Waals surface area contributed by atoms with Crippen LogP contribution >= 0.6 is 11.6 Å². The molecule has 86 valence electrons. The smallest absolute Gasteiger partial charge is 0.116 e. The minimum atomic E-state index is -0.0851. The molecule has 1 nitrogen and oxygen atoms in total. The van der Waals surface area contributed by atoms with Gasteiger partial charge in [0.05, 0.1) is 10.7 Å². The Morgan fingerprint density at radius 1 is 1.38 bits per heavy atom. The average molecular weight is 236 g/mol. The van der Waals surface area contributed by atoms with Crippen LogP contribution in [0.4, 0.5) is 0 Å². The van der Waals surface area contributed by atoms with E-state index < -0.39 is 0 Å². The summed E-state index contributed by atoms with van der Waals surface area (Å²) in [6, 6.07) is 1.95. The van der Waals surface area contributed by atoms with Crippen LogP contribution in [0.25, 0.3) is 0 Å². The summed E-state index contributed by atoms with van der Waals surface area (Å²) in [5.41, 5.74) is 2.54. The number of pyridine rings is 1. The molecule has 0 aromatic carbocycles. The Morgan fingerprint density at radius 2 is 1.94 bits per heavy atom. The molecule has 0 spiro atoms. The topological polar surface area (TPSA) is 12.9 Å². The number of hydrogen-bond donors (Lipinski definition) is 0. The highest BCUT2D eigenvalue weighted by atomic mass is 35.5. The highest BCUT2D eigenvalue weighted by molar-refractivity contribution is 6.31. The van der Waals surface area contributed by atoms with E-state index in [1.165, 1.54) is 0 Å². The van der Waals surface area contributed by atoms with Crippen LogP contribution in [-0.4, -0.2) is 4.98 Å². The Labute approximate surface area is 103 Å². The second kappa shape index (κ2) is 4.47. The van der Waals surface area contributed by atoms with E-state index in [9.17, 15) is 0 Å². The van der Waals surface area contributed by atoms with E-state index in [1.54, 1.807) is 0 Å². The van der Waals surface area contributed by atoms with Crippen LogP contribution in [-0.2, 0) is 5.41 Å². The van der Waals surface area contributed by atoms with Gasteiger partial charge in [-0.25, -0.2) is 4.98 Å². The van der Waals surface area contributed by atoms with Gasteiger partial charge in [0, 0.05) is 5.41 Å². The first-order valence-electron chi connectivity index (χ1n) is 5.45. The highest BCUT2D eigenvalue weighted by Gasteiger charge is 2.21. The molecule has 0 fully saturated rings. The van der Waals surface area contributed by atoms with E-state index in [0.29, 0.717) is 16.6 Å². The van der Waals surface area contributed by atoms with Crippen molar-refractivity contribution in [2.45, 2.75) is 46.0 Å². The fraction of sp³-hybridized carbons (Fsp3) is 0.500. The summed E-state index contributed by atoms with van der Waals surface area (Å²) >= 11 is 6.26. The predicted octanol–water partition coefficient (Wildman–Crippen LogP) is 4.14. The van der Waals surface area contributed by atoms with Crippen molar-refractivity contribution in [3.8, 4) is 12.3 Å². The van der Waals surface area contributed by atoms with Gasteiger partial charge in [-0.3, -0.25) is 0 Å². The van der Waals surface area contributed by atoms with Gasteiger partial charge >= 0.3 is 0 Å². The highest BCUT2D eigenvalue weighted by Crippen LogP contribution is 2.31. The summed E-state index contributed by atoms with van der Waals surface area (Å²) < 4.78 is 0. The molecule has 2 heteroatoms. The molecule has 0 saturated heterocycles. The molecule has 0 aliphatic rings.